The highest BCUT2D eigenvalue weighted by molar-refractivity contribution is 9.10. The van der Waals surface area contributed by atoms with Crippen molar-refractivity contribution in [2.24, 2.45) is 0 Å². The van der Waals surface area contributed by atoms with Crippen LogP contribution in [0.4, 0.5) is 5.69 Å². The highest BCUT2D eigenvalue weighted by Gasteiger charge is 2.23. The second kappa shape index (κ2) is 4.59. The summed E-state index contributed by atoms with van der Waals surface area (Å²) < 4.78 is 4.88. The summed E-state index contributed by atoms with van der Waals surface area (Å²) >= 11 is 8.24. The fourth-order valence-corrected chi connectivity index (χ4v) is 2.00. The molecule has 0 atom stereocenters. The predicted molar refractivity (Wildman–Crippen MR) is 57.5 cm³/mol. The van der Waals surface area contributed by atoms with Crippen molar-refractivity contribution >= 4 is 38.5 Å². The quantitative estimate of drug-likeness (QED) is 0.488. The number of hydrogen-bond donors (Lipinski definition) is 0. The molecule has 0 aromatic heterocycles. The zero-order valence-corrected chi connectivity index (χ0v) is 9.83. The second-order valence-corrected chi connectivity index (χ2v) is 3.64. The molecule has 0 spiro atoms. The number of nitro groups is 1. The molecule has 0 bridgehead atoms. The minimum Gasteiger partial charge on any atom is -0.496 e. The van der Waals surface area contributed by atoms with Crippen molar-refractivity contribution in [3.8, 4) is 5.75 Å². The van der Waals surface area contributed by atoms with Crippen LogP contribution in [0, 0.1) is 10.1 Å². The highest BCUT2D eigenvalue weighted by Crippen LogP contribution is 2.35. The van der Waals surface area contributed by atoms with Crippen molar-refractivity contribution in [1.82, 2.24) is 0 Å². The molecule has 15 heavy (non-hydrogen) atoms. The van der Waals surface area contributed by atoms with Crippen LogP contribution in [0.3, 0.4) is 0 Å². The molecule has 0 heterocycles. The molecular weight excluding hydrogens is 289 g/mol. The van der Waals surface area contributed by atoms with E-state index in [0.29, 0.717) is 0 Å². The van der Waals surface area contributed by atoms with E-state index in [4.69, 9.17) is 16.3 Å². The minimum atomic E-state index is -0.817. The van der Waals surface area contributed by atoms with E-state index in [2.05, 4.69) is 15.9 Å². The Morgan fingerprint density at radius 2 is 2.20 bits per heavy atom. The molecule has 1 aromatic rings. The normalized spacial score (nSPS) is 9.80. The van der Waals surface area contributed by atoms with Gasteiger partial charge in [-0.2, -0.15) is 0 Å². The van der Waals surface area contributed by atoms with Crippen LogP contribution in [0.5, 0.6) is 5.75 Å². The number of hydrogen-bond acceptors (Lipinski definition) is 4. The molecule has 0 aliphatic carbocycles. The molecule has 80 valence electrons. The van der Waals surface area contributed by atoms with Gasteiger partial charge < -0.3 is 4.74 Å². The number of carbonyl (C=O) groups excluding carboxylic acids is 1. The highest BCUT2D eigenvalue weighted by atomic mass is 79.9. The van der Waals surface area contributed by atoms with Crippen LogP contribution in [-0.2, 0) is 0 Å². The van der Waals surface area contributed by atoms with Crippen molar-refractivity contribution in [1.29, 1.82) is 0 Å². The van der Waals surface area contributed by atoms with Crippen LogP contribution in [0.2, 0.25) is 0 Å². The smallest absolute Gasteiger partial charge is 0.284 e. The first-order valence-electron chi connectivity index (χ1n) is 3.69. The summed E-state index contributed by atoms with van der Waals surface area (Å²) in [4.78, 5) is 21.0. The van der Waals surface area contributed by atoms with Gasteiger partial charge in [-0.05, 0) is 33.6 Å². The maximum absolute atomic E-state index is 11.1. The monoisotopic (exact) mass is 293 g/mol. The lowest BCUT2D eigenvalue weighted by atomic mass is 10.2. The number of rotatable bonds is 3. The molecule has 1 aromatic carbocycles. The Morgan fingerprint density at radius 1 is 1.60 bits per heavy atom. The van der Waals surface area contributed by atoms with Crippen LogP contribution in [0.15, 0.2) is 16.6 Å². The summed E-state index contributed by atoms with van der Waals surface area (Å²) in [5.41, 5.74) is -0.284. The number of nitro benzene ring substituents is 1. The van der Waals surface area contributed by atoms with Gasteiger partial charge in [-0.15, -0.1) is 0 Å². The van der Waals surface area contributed by atoms with Gasteiger partial charge in [-0.25, -0.2) is 0 Å². The number of halogens is 2. The van der Waals surface area contributed by atoms with Crippen LogP contribution < -0.4 is 4.74 Å². The van der Waals surface area contributed by atoms with Gasteiger partial charge >= 0.3 is 0 Å². The maximum atomic E-state index is 11.1. The van der Waals surface area contributed by atoms with Gasteiger partial charge in [0.1, 0.15) is 10.2 Å². The number of carbonyl (C=O) groups is 1. The summed E-state index contributed by atoms with van der Waals surface area (Å²) in [5, 5.41) is 9.76. The average Bonchev–Trinajstić information content (AvgIpc) is 2.15. The topological polar surface area (TPSA) is 69.4 Å². The molecule has 0 amide bonds. The Bertz CT molecular complexity index is 435. The van der Waals surface area contributed by atoms with Gasteiger partial charge in [0, 0.05) is 6.07 Å². The van der Waals surface area contributed by atoms with Crippen LogP contribution in [0.1, 0.15) is 10.4 Å². The van der Waals surface area contributed by atoms with E-state index in [0.717, 1.165) is 0 Å². The van der Waals surface area contributed by atoms with Crippen molar-refractivity contribution in [3.63, 3.8) is 0 Å². The number of benzene rings is 1. The van der Waals surface area contributed by atoms with Crippen molar-refractivity contribution in [2.45, 2.75) is 0 Å². The van der Waals surface area contributed by atoms with Crippen molar-refractivity contribution < 1.29 is 14.5 Å². The van der Waals surface area contributed by atoms with E-state index in [1.807, 2.05) is 0 Å². The van der Waals surface area contributed by atoms with Crippen molar-refractivity contribution in [3.05, 3.63) is 32.3 Å². The average molecular weight is 294 g/mol. The fraction of sp³-hybridized carbons (Fsp3) is 0.125. The van der Waals surface area contributed by atoms with E-state index in [9.17, 15) is 14.9 Å². The van der Waals surface area contributed by atoms with Crippen LogP contribution >= 0.6 is 27.5 Å². The first-order valence-corrected chi connectivity index (χ1v) is 4.86. The molecule has 0 aliphatic rings. The molecule has 5 nitrogen and oxygen atoms in total. The molecule has 0 radical (unpaired) electrons. The first kappa shape index (κ1) is 11.9. The lowest BCUT2D eigenvalue weighted by Gasteiger charge is -2.06. The Morgan fingerprint density at radius 3 is 2.60 bits per heavy atom. The summed E-state index contributed by atoms with van der Waals surface area (Å²) in [6.07, 6.45) is 0. The van der Waals surface area contributed by atoms with Gasteiger partial charge in [-0.1, -0.05) is 0 Å². The van der Waals surface area contributed by atoms with Gasteiger partial charge in [0.2, 0.25) is 0 Å². The van der Waals surface area contributed by atoms with Gasteiger partial charge in [0.05, 0.1) is 17.6 Å². The Balaban J connectivity index is 3.49. The van der Waals surface area contributed by atoms with E-state index in [1.54, 1.807) is 0 Å². The Hall–Kier alpha value is -1.14. The third-order valence-electron chi connectivity index (χ3n) is 1.70. The summed E-state index contributed by atoms with van der Waals surface area (Å²) in [5.74, 6) is 0.187. The molecule has 7 heteroatoms. The van der Waals surface area contributed by atoms with E-state index in [-0.39, 0.29) is 21.5 Å². The number of nitrogens with zero attached hydrogens (tertiary/aromatic N) is 1. The Kier molecular flexibility index (Phi) is 3.65. The first-order chi connectivity index (χ1) is 6.99. The predicted octanol–water partition coefficient (Wildman–Crippen LogP) is 2.74. The SMILES string of the molecule is COc1ccc([N+](=O)[O-])c(Br)c1C(=O)Cl. The lowest BCUT2D eigenvalue weighted by Crippen LogP contribution is -2.00. The number of ether oxygens (including phenoxy) is 1. The summed E-state index contributed by atoms with van der Waals surface area (Å²) in [6, 6.07) is 2.55. The maximum Gasteiger partial charge on any atom is 0.284 e. The second-order valence-electron chi connectivity index (χ2n) is 2.51. The molecule has 0 unspecified atom stereocenters. The van der Waals surface area contributed by atoms with E-state index in [1.165, 1.54) is 19.2 Å². The van der Waals surface area contributed by atoms with Crippen LogP contribution in [-0.4, -0.2) is 17.3 Å². The van der Waals surface area contributed by atoms with Crippen LogP contribution in [0.25, 0.3) is 0 Å². The molecular formula is C8H5BrClNO4. The van der Waals surface area contributed by atoms with Gasteiger partial charge in [0.25, 0.3) is 10.9 Å². The third kappa shape index (κ3) is 2.27. The van der Waals surface area contributed by atoms with Gasteiger partial charge in [0.15, 0.2) is 0 Å². The lowest BCUT2D eigenvalue weighted by molar-refractivity contribution is -0.385. The van der Waals surface area contributed by atoms with E-state index < -0.39 is 10.2 Å². The Labute approximate surface area is 98.3 Å². The molecule has 0 aliphatic heterocycles. The molecule has 0 fully saturated rings. The zero-order valence-electron chi connectivity index (χ0n) is 7.49. The third-order valence-corrected chi connectivity index (χ3v) is 2.69. The van der Waals surface area contributed by atoms with Gasteiger partial charge in [-0.3, -0.25) is 14.9 Å². The number of methoxy groups -OCH3 is 1. The minimum absolute atomic E-state index is 0.0202. The summed E-state index contributed by atoms with van der Waals surface area (Å²) in [6.45, 7) is 0. The summed E-state index contributed by atoms with van der Waals surface area (Å²) in [7, 11) is 1.34. The fourth-order valence-electron chi connectivity index (χ4n) is 1.04. The molecule has 1 rings (SSSR count). The zero-order chi connectivity index (χ0) is 11.6. The largest absolute Gasteiger partial charge is 0.496 e. The molecule has 0 N–H and O–H groups in total. The molecule has 0 saturated carbocycles. The van der Waals surface area contributed by atoms with E-state index >= 15 is 0 Å². The van der Waals surface area contributed by atoms with Crippen molar-refractivity contribution in [2.75, 3.05) is 7.11 Å². The standard InChI is InChI=1S/C8H5BrClNO4/c1-15-5-3-2-4(11(13)14)7(9)6(5)8(10)12/h2-3H,1H3. The molecule has 0 saturated heterocycles.